The van der Waals surface area contributed by atoms with Gasteiger partial charge in [-0.1, -0.05) is 24.3 Å². The van der Waals surface area contributed by atoms with E-state index in [1.165, 1.54) is 0 Å². The van der Waals surface area contributed by atoms with Crippen LogP contribution >= 0.6 is 0 Å². The maximum absolute atomic E-state index is 11.9. The number of carbonyl (C=O) groups excluding carboxylic acids is 2. The molecule has 8 nitrogen and oxygen atoms in total. The zero-order chi connectivity index (χ0) is 21.2. The van der Waals surface area contributed by atoms with Crippen molar-refractivity contribution >= 4 is 34.6 Å². The highest BCUT2D eigenvalue weighted by atomic mass is 16.2. The molecule has 0 aliphatic heterocycles. The number of hydrogen-bond donors (Lipinski definition) is 4. The summed E-state index contributed by atoms with van der Waals surface area (Å²) in [4.78, 5) is 23.8. The van der Waals surface area contributed by atoms with E-state index in [2.05, 4.69) is 21.1 Å². The fraction of sp³-hybridized carbons (Fsp3) is 0.238. The summed E-state index contributed by atoms with van der Waals surface area (Å²) in [5.41, 5.74) is 20.7. The molecule has 152 valence electrons. The van der Waals surface area contributed by atoms with Crippen molar-refractivity contribution in [3.63, 3.8) is 0 Å². The second-order valence-corrected chi connectivity index (χ2v) is 6.56. The fourth-order valence-corrected chi connectivity index (χ4v) is 2.39. The number of rotatable bonds is 8. The van der Waals surface area contributed by atoms with Gasteiger partial charge in [-0.25, -0.2) is 10.9 Å². The van der Waals surface area contributed by atoms with Crippen LogP contribution in [0.4, 0.5) is 11.4 Å². The molecule has 0 heterocycles. The van der Waals surface area contributed by atoms with Crippen LogP contribution in [-0.4, -0.2) is 23.2 Å². The summed E-state index contributed by atoms with van der Waals surface area (Å²) in [6.45, 7) is 3.58. The van der Waals surface area contributed by atoms with Crippen molar-refractivity contribution in [2.75, 3.05) is 11.5 Å². The molecular formula is C21H26N6O2. The average Bonchev–Trinajstić information content (AvgIpc) is 2.71. The smallest absolute Gasteiger partial charge is 0.240 e. The van der Waals surface area contributed by atoms with Gasteiger partial charge in [-0.15, -0.1) is 0 Å². The molecule has 2 aromatic carbocycles. The number of benzene rings is 2. The molecule has 0 aliphatic rings. The van der Waals surface area contributed by atoms with Crippen molar-refractivity contribution in [1.82, 2.24) is 10.9 Å². The maximum atomic E-state index is 11.9. The van der Waals surface area contributed by atoms with Crippen LogP contribution < -0.4 is 22.3 Å². The number of hydrogen-bond acceptors (Lipinski definition) is 6. The summed E-state index contributed by atoms with van der Waals surface area (Å²) in [6, 6.07) is 14.4. The van der Waals surface area contributed by atoms with Gasteiger partial charge in [0.15, 0.2) is 0 Å². The van der Waals surface area contributed by atoms with Gasteiger partial charge in [0.1, 0.15) is 0 Å². The van der Waals surface area contributed by atoms with E-state index in [4.69, 9.17) is 11.5 Å². The Labute approximate surface area is 170 Å². The highest BCUT2D eigenvalue weighted by Gasteiger charge is 2.06. The van der Waals surface area contributed by atoms with Crippen molar-refractivity contribution in [1.29, 1.82) is 0 Å². The van der Waals surface area contributed by atoms with E-state index in [-0.39, 0.29) is 24.7 Å². The highest BCUT2D eigenvalue weighted by Crippen LogP contribution is 2.07. The van der Waals surface area contributed by atoms with Gasteiger partial charge in [0.25, 0.3) is 0 Å². The molecule has 8 heteroatoms. The Balaban J connectivity index is 1.71. The van der Waals surface area contributed by atoms with Crippen molar-refractivity contribution in [3.8, 4) is 0 Å². The molecule has 0 spiro atoms. The molecule has 6 N–H and O–H groups in total. The molecule has 0 fully saturated rings. The van der Waals surface area contributed by atoms with Gasteiger partial charge in [-0.3, -0.25) is 9.59 Å². The standard InChI is InChI=1S/C21H26N6O2/c1-14(16-6-10-18(22)11-7-16)24-26-20(28)4-3-5-21(29)27-25-15(2)17-8-12-19(23)13-9-17/h6-13H,3-5,22-23H2,1-2H3,(H,26,28)(H,27,29)/b24-14-,25-15-. The van der Waals surface area contributed by atoms with Gasteiger partial charge in [-0.05, 0) is 55.7 Å². The maximum Gasteiger partial charge on any atom is 0.240 e. The summed E-state index contributed by atoms with van der Waals surface area (Å²) in [5.74, 6) is -0.511. The predicted octanol–water partition coefficient (Wildman–Crippen LogP) is 2.40. The monoisotopic (exact) mass is 394 g/mol. The zero-order valence-electron chi connectivity index (χ0n) is 16.6. The Morgan fingerprint density at radius 1 is 0.724 bits per heavy atom. The Morgan fingerprint density at radius 3 is 1.41 bits per heavy atom. The SMILES string of the molecule is C/C(=N/NC(=O)CCCC(=O)N/N=C(/C)c1ccc(N)cc1)c1ccc(N)cc1. The fourth-order valence-electron chi connectivity index (χ4n) is 2.39. The van der Waals surface area contributed by atoms with Gasteiger partial charge in [-0.2, -0.15) is 10.2 Å². The Hall–Kier alpha value is -3.68. The molecule has 2 aromatic rings. The number of carbonyl (C=O) groups is 2. The first-order valence-electron chi connectivity index (χ1n) is 9.23. The third kappa shape index (κ3) is 7.45. The predicted molar refractivity (Wildman–Crippen MR) is 116 cm³/mol. The van der Waals surface area contributed by atoms with E-state index in [0.717, 1.165) is 11.1 Å². The quantitative estimate of drug-likeness (QED) is 0.310. The second kappa shape index (κ2) is 10.6. The molecule has 0 atom stereocenters. The number of nitrogens with one attached hydrogen (secondary N) is 2. The minimum atomic E-state index is -0.255. The van der Waals surface area contributed by atoms with Crippen LogP contribution in [0, 0.1) is 0 Å². The molecule has 29 heavy (non-hydrogen) atoms. The lowest BCUT2D eigenvalue weighted by Gasteiger charge is -2.04. The average molecular weight is 394 g/mol. The molecule has 0 aromatic heterocycles. The molecule has 0 radical (unpaired) electrons. The Morgan fingerprint density at radius 2 is 1.07 bits per heavy atom. The van der Waals surface area contributed by atoms with Crippen LogP contribution in [0.2, 0.25) is 0 Å². The molecule has 2 rings (SSSR count). The minimum absolute atomic E-state index is 0.187. The normalized spacial score (nSPS) is 11.8. The van der Waals surface area contributed by atoms with Gasteiger partial charge in [0.05, 0.1) is 11.4 Å². The van der Waals surface area contributed by atoms with Crippen LogP contribution in [0.5, 0.6) is 0 Å². The van der Waals surface area contributed by atoms with Crippen molar-refractivity contribution in [2.45, 2.75) is 33.1 Å². The molecule has 0 saturated heterocycles. The van der Waals surface area contributed by atoms with Crippen molar-refractivity contribution in [2.24, 2.45) is 10.2 Å². The first-order chi connectivity index (χ1) is 13.8. The minimum Gasteiger partial charge on any atom is -0.399 e. The van der Waals surface area contributed by atoms with Crippen LogP contribution in [0.25, 0.3) is 0 Å². The van der Waals surface area contributed by atoms with Crippen LogP contribution in [0.1, 0.15) is 44.2 Å². The lowest BCUT2D eigenvalue weighted by atomic mass is 10.1. The number of nitrogens with two attached hydrogens (primary N) is 2. The first kappa shape index (κ1) is 21.6. The van der Waals surface area contributed by atoms with E-state index >= 15 is 0 Å². The number of nitrogen functional groups attached to an aromatic ring is 2. The lowest BCUT2D eigenvalue weighted by Crippen LogP contribution is -2.21. The molecular weight excluding hydrogens is 368 g/mol. The van der Waals surface area contributed by atoms with Crippen molar-refractivity contribution < 1.29 is 9.59 Å². The van der Waals surface area contributed by atoms with Gasteiger partial charge < -0.3 is 11.5 Å². The third-order valence-corrected chi connectivity index (χ3v) is 4.16. The third-order valence-electron chi connectivity index (χ3n) is 4.16. The lowest BCUT2D eigenvalue weighted by molar-refractivity contribution is -0.122. The van der Waals surface area contributed by atoms with E-state index in [1.54, 1.807) is 38.1 Å². The van der Waals surface area contributed by atoms with Crippen LogP contribution in [0.15, 0.2) is 58.7 Å². The van der Waals surface area contributed by atoms with Crippen molar-refractivity contribution in [3.05, 3.63) is 59.7 Å². The van der Waals surface area contributed by atoms with Crippen LogP contribution in [-0.2, 0) is 9.59 Å². The first-order valence-corrected chi connectivity index (χ1v) is 9.23. The molecule has 0 aliphatic carbocycles. The number of nitrogens with zero attached hydrogens (tertiary/aromatic N) is 2. The zero-order valence-corrected chi connectivity index (χ0v) is 16.6. The van der Waals surface area contributed by atoms with Gasteiger partial charge >= 0.3 is 0 Å². The largest absolute Gasteiger partial charge is 0.399 e. The Kier molecular flexibility index (Phi) is 7.90. The highest BCUT2D eigenvalue weighted by molar-refractivity contribution is 6.00. The summed E-state index contributed by atoms with van der Waals surface area (Å²) in [7, 11) is 0. The Bertz CT molecular complexity index is 826. The summed E-state index contributed by atoms with van der Waals surface area (Å²) >= 11 is 0. The van der Waals surface area contributed by atoms with E-state index < -0.39 is 0 Å². The van der Waals surface area contributed by atoms with E-state index in [1.807, 2.05) is 24.3 Å². The summed E-state index contributed by atoms with van der Waals surface area (Å²) in [5, 5.41) is 8.13. The molecule has 0 unspecified atom stereocenters. The molecule has 0 saturated carbocycles. The topological polar surface area (TPSA) is 135 Å². The molecule has 2 amide bonds. The van der Waals surface area contributed by atoms with E-state index in [9.17, 15) is 9.59 Å². The summed E-state index contributed by atoms with van der Waals surface area (Å²) < 4.78 is 0. The summed E-state index contributed by atoms with van der Waals surface area (Å²) in [6.07, 6.45) is 0.768. The van der Waals surface area contributed by atoms with Gasteiger partial charge in [0, 0.05) is 24.2 Å². The number of anilines is 2. The molecule has 0 bridgehead atoms. The van der Waals surface area contributed by atoms with E-state index in [0.29, 0.717) is 29.2 Å². The van der Waals surface area contributed by atoms with Crippen LogP contribution in [0.3, 0.4) is 0 Å². The number of amides is 2. The second-order valence-electron chi connectivity index (χ2n) is 6.56. The number of hydrazone groups is 2. The van der Waals surface area contributed by atoms with Gasteiger partial charge in [0.2, 0.25) is 11.8 Å².